The van der Waals surface area contributed by atoms with Gasteiger partial charge in [0.25, 0.3) is 5.91 Å². The predicted octanol–water partition coefficient (Wildman–Crippen LogP) is 1.62. The number of hydrogen-bond acceptors (Lipinski definition) is 5. The second-order valence-electron chi connectivity index (χ2n) is 8.93. The normalized spacial score (nSPS) is 16.8. The van der Waals surface area contributed by atoms with Crippen molar-refractivity contribution in [3.8, 4) is 0 Å². The van der Waals surface area contributed by atoms with Crippen molar-refractivity contribution in [2.24, 2.45) is 4.99 Å². The van der Waals surface area contributed by atoms with E-state index in [9.17, 15) is 9.90 Å². The Morgan fingerprint density at radius 2 is 1.87 bits per heavy atom. The van der Waals surface area contributed by atoms with Crippen LogP contribution in [0.25, 0.3) is 11.0 Å². The number of aliphatic hydroxyl groups is 1. The summed E-state index contributed by atoms with van der Waals surface area (Å²) in [5.74, 6) is -0.351. The van der Waals surface area contributed by atoms with Crippen LogP contribution in [0.4, 0.5) is 0 Å². The standard InChI is InChI=1S/C23H30N6O2/c1-23(2,31)16-29-20-14-17(15-28-12-10-27(3)11-13-28)4-5-19(20)25-22(29)26-21(30)18-6-8-24-9-7-18/h4-9,14,31H,10-13,15-16H2,1-3H3,(H,25,26,30). The van der Waals surface area contributed by atoms with Crippen molar-refractivity contribution < 1.29 is 9.90 Å². The Labute approximate surface area is 181 Å². The van der Waals surface area contributed by atoms with Crippen LogP contribution >= 0.6 is 0 Å². The number of piperazine rings is 1. The molecular weight excluding hydrogens is 392 g/mol. The summed E-state index contributed by atoms with van der Waals surface area (Å²) >= 11 is 0. The Balaban J connectivity index is 1.71. The number of rotatable bonds is 5. The van der Waals surface area contributed by atoms with E-state index in [-0.39, 0.29) is 5.91 Å². The molecule has 3 aromatic rings. The number of hydrogen-bond donors (Lipinski definition) is 2. The van der Waals surface area contributed by atoms with Crippen molar-refractivity contribution in [1.82, 2.24) is 24.3 Å². The summed E-state index contributed by atoms with van der Waals surface area (Å²) < 4.78 is 1.89. The smallest absolute Gasteiger partial charge is 0.280 e. The van der Waals surface area contributed by atoms with E-state index in [1.54, 1.807) is 38.4 Å². The first-order valence-electron chi connectivity index (χ1n) is 10.6. The molecule has 0 saturated carbocycles. The number of benzene rings is 1. The van der Waals surface area contributed by atoms with Gasteiger partial charge in [0.05, 0.1) is 23.2 Å². The van der Waals surface area contributed by atoms with Gasteiger partial charge in [-0.1, -0.05) is 6.07 Å². The number of amides is 1. The number of nitrogens with zero attached hydrogens (tertiary/aromatic N) is 5. The number of carbonyl (C=O) groups is 1. The van der Waals surface area contributed by atoms with Gasteiger partial charge in [-0.05, 0) is 50.7 Å². The van der Waals surface area contributed by atoms with Gasteiger partial charge in [-0.15, -0.1) is 0 Å². The first-order valence-corrected chi connectivity index (χ1v) is 10.6. The van der Waals surface area contributed by atoms with E-state index in [4.69, 9.17) is 0 Å². The minimum absolute atomic E-state index is 0.313. The lowest BCUT2D eigenvalue weighted by Crippen LogP contribution is -2.43. The van der Waals surface area contributed by atoms with Gasteiger partial charge in [-0.3, -0.25) is 14.7 Å². The average Bonchev–Trinajstić information content (AvgIpc) is 3.05. The number of nitrogens with one attached hydrogen (secondary N) is 1. The molecule has 1 amide bonds. The number of H-pyrrole nitrogens is 1. The summed E-state index contributed by atoms with van der Waals surface area (Å²) in [6, 6.07) is 9.55. The molecule has 0 bridgehead atoms. The highest BCUT2D eigenvalue weighted by Crippen LogP contribution is 2.18. The molecule has 0 atom stereocenters. The van der Waals surface area contributed by atoms with E-state index in [1.807, 2.05) is 10.6 Å². The van der Waals surface area contributed by atoms with Gasteiger partial charge in [-0.2, -0.15) is 4.99 Å². The number of carbonyl (C=O) groups excluding carboxylic acids is 1. The van der Waals surface area contributed by atoms with Gasteiger partial charge in [0, 0.05) is 50.7 Å². The zero-order valence-electron chi connectivity index (χ0n) is 18.4. The molecule has 0 aliphatic carbocycles. The number of fused-ring (bicyclic) bond motifs is 1. The van der Waals surface area contributed by atoms with Gasteiger partial charge < -0.3 is 19.6 Å². The third-order valence-corrected chi connectivity index (χ3v) is 5.54. The minimum atomic E-state index is -0.961. The highest BCUT2D eigenvalue weighted by molar-refractivity contribution is 5.94. The highest BCUT2D eigenvalue weighted by Gasteiger charge is 2.19. The maximum absolute atomic E-state index is 12.7. The second-order valence-corrected chi connectivity index (χ2v) is 8.93. The molecule has 0 unspecified atom stereocenters. The largest absolute Gasteiger partial charge is 0.389 e. The minimum Gasteiger partial charge on any atom is -0.389 e. The van der Waals surface area contributed by atoms with Crippen molar-refractivity contribution in [3.63, 3.8) is 0 Å². The SMILES string of the molecule is CN1CCN(Cc2ccc3[nH]c(=NC(=O)c4ccncc4)n(CC(C)(C)O)c3c2)CC1. The highest BCUT2D eigenvalue weighted by atomic mass is 16.3. The van der Waals surface area contributed by atoms with E-state index in [0.717, 1.165) is 43.8 Å². The van der Waals surface area contributed by atoms with Crippen LogP contribution < -0.4 is 5.62 Å². The van der Waals surface area contributed by atoms with E-state index >= 15 is 0 Å². The second kappa shape index (κ2) is 8.74. The summed E-state index contributed by atoms with van der Waals surface area (Å²) in [5, 5.41) is 10.5. The van der Waals surface area contributed by atoms with Gasteiger partial charge >= 0.3 is 0 Å². The summed E-state index contributed by atoms with van der Waals surface area (Å²) in [7, 11) is 2.15. The van der Waals surface area contributed by atoms with Crippen LogP contribution in [0.1, 0.15) is 29.8 Å². The van der Waals surface area contributed by atoms with Crippen LogP contribution in [0.15, 0.2) is 47.7 Å². The van der Waals surface area contributed by atoms with Crippen LogP contribution in [0.5, 0.6) is 0 Å². The molecule has 31 heavy (non-hydrogen) atoms. The molecule has 1 aliphatic rings. The zero-order valence-corrected chi connectivity index (χ0v) is 18.4. The van der Waals surface area contributed by atoms with Crippen LogP contribution in [0.2, 0.25) is 0 Å². The first kappa shape index (κ1) is 21.4. The Morgan fingerprint density at radius 1 is 1.16 bits per heavy atom. The van der Waals surface area contributed by atoms with Crippen molar-refractivity contribution in [1.29, 1.82) is 0 Å². The number of pyridine rings is 1. The molecule has 2 N–H and O–H groups in total. The Morgan fingerprint density at radius 3 is 2.55 bits per heavy atom. The molecule has 1 saturated heterocycles. The van der Waals surface area contributed by atoms with E-state index in [2.05, 4.69) is 43.9 Å². The van der Waals surface area contributed by atoms with Gasteiger partial charge in [0.15, 0.2) is 0 Å². The van der Waals surface area contributed by atoms with Crippen molar-refractivity contribution >= 4 is 16.9 Å². The molecule has 0 radical (unpaired) electrons. The Bertz CT molecular complexity index is 1120. The fourth-order valence-corrected chi connectivity index (χ4v) is 3.86. The topological polar surface area (TPSA) is 89.8 Å². The van der Waals surface area contributed by atoms with Gasteiger partial charge in [-0.25, -0.2) is 0 Å². The molecule has 2 aromatic heterocycles. The quantitative estimate of drug-likeness (QED) is 0.652. The average molecular weight is 423 g/mol. The van der Waals surface area contributed by atoms with Crippen molar-refractivity contribution in [3.05, 3.63) is 59.5 Å². The third-order valence-electron chi connectivity index (χ3n) is 5.54. The molecule has 1 aromatic carbocycles. The summed E-state index contributed by atoms with van der Waals surface area (Å²) in [4.78, 5) is 29.0. The van der Waals surface area contributed by atoms with E-state index in [0.29, 0.717) is 17.7 Å². The Hall–Kier alpha value is -2.81. The van der Waals surface area contributed by atoms with Gasteiger partial charge in [0.2, 0.25) is 5.62 Å². The summed E-state index contributed by atoms with van der Waals surface area (Å²) in [6.45, 7) is 8.94. The lowest BCUT2D eigenvalue weighted by atomic mass is 10.1. The van der Waals surface area contributed by atoms with Crippen LogP contribution in [0, 0.1) is 0 Å². The molecule has 8 nitrogen and oxygen atoms in total. The zero-order chi connectivity index (χ0) is 22.0. The number of likely N-dealkylation sites (N-methyl/N-ethyl adjacent to an activating group) is 1. The van der Waals surface area contributed by atoms with E-state index < -0.39 is 5.60 Å². The van der Waals surface area contributed by atoms with Gasteiger partial charge in [0.1, 0.15) is 0 Å². The lowest BCUT2D eigenvalue weighted by Gasteiger charge is -2.32. The summed E-state index contributed by atoms with van der Waals surface area (Å²) in [6.07, 6.45) is 3.15. The maximum atomic E-state index is 12.7. The van der Waals surface area contributed by atoms with Crippen LogP contribution in [-0.4, -0.2) is 74.2 Å². The van der Waals surface area contributed by atoms with E-state index in [1.165, 1.54) is 5.56 Å². The molecule has 164 valence electrons. The van der Waals surface area contributed by atoms with Crippen molar-refractivity contribution in [2.45, 2.75) is 32.5 Å². The monoisotopic (exact) mass is 422 g/mol. The molecular formula is C23H30N6O2. The molecule has 8 heteroatoms. The van der Waals surface area contributed by atoms with Crippen molar-refractivity contribution in [2.75, 3.05) is 33.2 Å². The maximum Gasteiger partial charge on any atom is 0.280 e. The summed E-state index contributed by atoms with van der Waals surface area (Å²) in [5.41, 5.74) is 2.95. The third kappa shape index (κ3) is 5.28. The first-order chi connectivity index (χ1) is 14.8. The lowest BCUT2D eigenvalue weighted by molar-refractivity contribution is 0.0612. The molecule has 0 spiro atoms. The number of aromatic amines is 1. The fourth-order valence-electron chi connectivity index (χ4n) is 3.86. The molecule has 3 heterocycles. The molecule has 1 fully saturated rings. The molecule has 1 aliphatic heterocycles. The van der Waals surface area contributed by atoms with Crippen LogP contribution in [-0.2, 0) is 13.1 Å². The fraction of sp³-hybridized carbons (Fsp3) is 0.435. The van der Waals surface area contributed by atoms with Crippen LogP contribution in [0.3, 0.4) is 0 Å². The Kier molecular flexibility index (Phi) is 6.04. The number of aromatic nitrogens is 3. The predicted molar refractivity (Wildman–Crippen MR) is 119 cm³/mol. The molecule has 4 rings (SSSR count). The number of imidazole rings is 1.